The molecule has 1 N–H and O–H groups in total. The monoisotopic (exact) mass is 452 g/mol. The summed E-state index contributed by atoms with van der Waals surface area (Å²) in [5.74, 6) is -1.78. The fourth-order valence-corrected chi connectivity index (χ4v) is 3.88. The Balaban J connectivity index is 1.65. The molecule has 0 aliphatic rings. The molecule has 0 aliphatic heterocycles. The van der Waals surface area contributed by atoms with Crippen LogP contribution in [0.3, 0.4) is 0 Å². The zero-order valence-corrected chi connectivity index (χ0v) is 17.1. The molecule has 0 saturated carbocycles. The van der Waals surface area contributed by atoms with Gasteiger partial charge in [-0.1, -0.05) is 23.9 Å². The number of aromatic nitrogens is 2. The minimum atomic E-state index is -0.692. The molecule has 0 aliphatic carbocycles. The molecule has 4 rings (SSSR count). The number of benzene rings is 3. The summed E-state index contributed by atoms with van der Waals surface area (Å²) in [7, 11) is 0. The van der Waals surface area contributed by atoms with Gasteiger partial charge in [0, 0.05) is 40.0 Å². The van der Waals surface area contributed by atoms with Crippen LogP contribution in [0.15, 0.2) is 89.2 Å². The Hall–Kier alpha value is -4.05. The summed E-state index contributed by atoms with van der Waals surface area (Å²) in [6.07, 6.45) is 4.52. The molecule has 0 saturated heterocycles. The van der Waals surface area contributed by atoms with Crippen LogP contribution in [0.2, 0.25) is 0 Å². The number of nitro groups is 1. The molecule has 160 valence electrons. The lowest BCUT2D eigenvalue weighted by Crippen LogP contribution is -2.14. The van der Waals surface area contributed by atoms with E-state index in [1.807, 2.05) is 0 Å². The first-order valence-corrected chi connectivity index (χ1v) is 10.0. The van der Waals surface area contributed by atoms with Crippen molar-refractivity contribution in [3.63, 3.8) is 0 Å². The SMILES string of the molecule is O=C(Nc1ccc(-n2ccnc2)c(F)c1)c1cc([N+](=O)[O-])ccc1Sc1ccccc1F. The molecule has 0 atom stereocenters. The molecule has 0 spiro atoms. The standard InChI is InChI=1S/C22H14F2N4O3S/c23-17-3-1-2-4-21(17)32-20-8-6-15(28(30)31)12-16(20)22(29)26-14-5-7-19(18(24)11-14)27-10-9-25-13-27/h1-13H,(H,26,29). The summed E-state index contributed by atoms with van der Waals surface area (Å²) in [5, 5.41) is 13.7. The van der Waals surface area contributed by atoms with Crippen molar-refractivity contribution in [2.45, 2.75) is 9.79 Å². The second-order valence-electron chi connectivity index (χ2n) is 6.56. The topological polar surface area (TPSA) is 90.1 Å². The highest BCUT2D eigenvalue weighted by Crippen LogP contribution is 2.34. The lowest BCUT2D eigenvalue weighted by Gasteiger charge is -2.12. The fourth-order valence-electron chi connectivity index (χ4n) is 2.94. The van der Waals surface area contributed by atoms with Crippen LogP contribution in [0.1, 0.15) is 10.4 Å². The quantitative estimate of drug-likeness (QED) is 0.310. The van der Waals surface area contributed by atoms with E-state index in [-0.39, 0.29) is 27.5 Å². The molecule has 7 nitrogen and oxygen atoms in total. The Morgan fingerprint density at radius 2 is 1.84 bits per heavy atom. The average Bonchev–Trinajstić information content (AvgIpc) is 3.30. The van der Waals surface area contributed by atoms with Crippen LogP contribution in [-0.2, 0) is 0 Å². The number of non-ortho nitro benzene ring substituents is 1. The molecule has 32 heavy (non-hydrogen) atoms. The van der Waals surface area contributed by atoms with E-state index in [4.69, 9.17) is 0 Å². The lowest BCUT2D eigenvalue weighted by molar-refractivity contribution is -0.384. The van der Waals surface area contributed by atoms with Crippen LogP contribution >= 0.6 is 11.8 Å². The van der Waals surface area contributed by atoms with Crippen molar-refractivity contribution in [3.8, 4) is 5.69 Å². The molecule has 0 fully saturated rings. The minimum Gasteiger partial charge on any atom is -0.322 e. The third-order valence-corrected chi connectivity index (χ3v) is 5.59. The number of rotatable bonds is 6. The first kappa shape index (κ1) is 21.2. The number of carbonyl (C=O) groups is 1. The number of imidazole rings is 1. The predicted molar refractivity (Wildman–Crippen MR) is 115 cm³/mol. The van der Waals surface area contributed by atoms with E-state index in [1.54, 1.807) is 12.3 Å². The molecule has 1 aromatic heterocycles. The van der Waals surface area contributed by atoms with Gasteiger partial charge < -0.3 is 9.88 Å². The van der Waals surface area contributed by atoms with Crippen LogP contribution in [0.25, 0.3) is 5.69 Å². The molecule has 10 heteroatoms. The van der Waals surface area contributed by atoms with E-state index in [0.717, 1.165) is 23.9 Å². The number of anilines is 1. The van der Waals surface area contributed by atoms with E-state index in [9.17, 15) is 23.7 Å². The first-order valence-electron chi connectivity index (χ1n) is 9.22. The van der Waals surface area contributed by atoms with Crippen LogP contribution in [-0.4, -0.2) is 20.4 Å². The fraction of sp³-hybridized carbons (Fsp3) is 0. The summed E-state index contributed by atoms with van der Waals surface area (Å²) >= 11 is 0.961. The molecular formula is C22H14F2N4O3S. The first-order chi connectivity index (χ1) is 15.4. The summed E-state index contributed by atoms with van der Waals surface area (Å²) in [6, 6.07) is 13.8. The number of amides is 1. The molecule has 1 amide bonds. The molecule has 1 heterocycles. The second-order valence-corrected chi connectivity index (χ2v) is 7.64. The van der Waals surface area contributed by atoms with Gasteiger partial charge in [0.2, 0.25) is 0 Å². The number of hydrogen-bond acceptors (Lipinski definition) is 5. The smallest absolute Gasteiger partial charge is 0.270 e. The van der Waals surface area contributed by atoms with Gasteiger partial charge in [-0.2, -0.15) is 0 Å². The van der Waals surface area contributed by atoms with E-state index in [1.165, 1.54) is 59.6 Å². The molecule has 4 aromatic rings. The van der Waals surface area contributed by atoms with Crippen LogP contribution in [0.4, 0.5) is 20.2 Å². The zero-order chi connectivity index (χ0) is 22.7. The summed E-state index contributed by atoms with van der Waals surface area (Å²) in [6.45, 7) is 0. The maximum atomic E-state index is 14.5. The van der Waals surface area contributed by atoms with Gasteiger partial charge in [0.15, 0.2) is 0 Å². The average molecular weight is 452 g/mol. The number of nitro benzene ring substituents is 1. The summed E-state index contributed by atoms with van der Waals surface area (Å²) in [5.41, 5.74) is 0.0672. The van der Waals surface area contributed by atoms with Gasteiger partial charge in [-0.25, -0.2) is 13.8 Å². The number of nitrogens with zero attached hydrogens (tertiary/aromatic N) is 3. The lowest BCUT2D eigenvalue weighted by atomic mass is 10.1. The van der Waals surface area contributed by atoms with E-state index in [0.29, 0.717) is 4.90 Å². The van der Waals surface area contributed by atoms with E-state index in [2.05, 4.69) is 10.3 Å². The third kappa shape index (κ3) is 4.49. The Bertz CT molecular complexity index is 1310. The Morgan fingerprint density at radius 1 is 1.03 bits per heavy atom. The Kier molecular flexibility index (Phi) is 5.95. The Morgan fingerprint density at radius 3 is 2.53 bits per heavy atom. The van der Waals surface area contributed by atoms with Crippen molar-refractivity contribution >= 4 is 29.0 Å². The molecular weight excluding hydrogens is 438 g/mol. The van der Waals surface area contributed by atoms with Crippen molar-refractivity contribution in [3.05, 3.63) is 107 Å². The highest BCUT2D eigenvalue weighted by atomic mass is 32.2. The minimum absolute atomic E-state index is 0.0356. The number of nitrogens with one attached hydrogen (secondary N) is 1. The van der Waals surface area contributed by atoms with Crippen molar-refractivity contribution in [2.24, 2.45) is 0 Å². The highest BCUT2D eigenvalue weighted by molar-refractivity contribution is 7.99. The third-order valence-electron chi connectivity index (χ3n) is 4.46. The summed E-state index contributed by atoms with van der Waals surface area (Å²) < 4.78 is 30.1. The number of halogens is 2. The largest absolute Gasteiger partial charge is 0.322 e. The zero-order valence-electron chi connectivity index (χ0n) is 16.2. The van der Waals surface area contributed by atoms with E-state index >= 15 is 0 Å². The van der Waals surface area contributed by atoms with Gasteiger partial charge in [0.25, 0.3) is 11.6 Å². The van der Waals surface area contributed by atoms with Crippen LogP contribution in [0, 0.1) is 21.7 Å². The normalized spacial score (nSPS) is 10.7. The van der Waals surface area contributed by atoms with Gasteiger partial charge in [0.1, 0.15) is 11.6 Å². The van der Waals surface area contributed by atoms with E-state index < -0.39 is 22.5 Å². The molecule has 0 bridgehead atoms. The Labute approximate surface area is 184 Å². The van der Waals surface area contributed by atoms with Crippen molar-refractivity contribution in [1.82, 2.24) is 9.55 Å². The van der Waals surface area contributed by atoms with Crippen molar-refractivity contribution in [1.29, 1.82) is 0 Å². The molecule has 3 aromatic carbocycles. The van der Waals surface area contributed by atoms with Crippen LogP contribution in [0.5, 0.6) is 0 Å². The van der Waals surface area contributed by atoms with Gasteiger partial charge in [0.05, 0.1) is 22.5 Å². The number of carbonyl (C=O) groups excluding carboxylic acids is 1. The van der Waals surface area contributed by atoms with Gasteiger partial charge >= 0.3 is 0 Å². The van der Waals surface area contributed by atoms with Crippen molar-refractivity contribution in [2.75, 3.05) is 5.32 Å². The molecule has 0 radical (unpaired) electrons. The van der Waals surface area contributed by atoms with Gasteiger partial charge in [-0.15, -0.1) is 0 Å². The number of hydrogen-bond donors (Lipinski definition) is 1. The van der Waals surface area contributed by atoms with Gasteiger partial charge in [-0.3, -0.25) is 14.9 Å². The second kappa shape index (κ2) is 8.98. The molecule has 0 unspecified atom stereocenters. The maximum absolute atomic E-state index is 14.5. The van der Waals surface area contributed by atoms with Crippen LogP contribution < -0.4 is 5.32 Å². The maximum Gasteiger partial charge on any atom is 0.270 e. The predicted octanol–water partition coefficient (Wildman–Crippen LogP) is 5.46. The van der Waals surface area contributed by atoms with Gasteiger partial charge in [-0.05, 0) is 36.4 Å². The highest BCUT2D eigenvalue weighted by Gasteiger charge is 2.19. The summed E-state index contributed by atoms with van der Waals surface area (Å²) in [4.78, 5) is 27.9. The van der Waals surface area contributed by atoms with Crippen molar-refractivity contribution < 1.29 is 18.5 Å².